The van der Waals surface area contributed by atoms with Crippen LogP contribution in [0, 0.1) is 12.8 Å². The minimum atomic E-state index is 0.556. The fraction of sp³-hybridized carbons (Fsp3) is 0.533. The fourth-order valence-electron chi connectivity index (χ4n) is 2.66. The van der Waals surface area contributed by atoms with E-state index in [2.05, 4.69) is 42.6 Å². The maximum atomic E-state index is 4.43. The van der Waals surface area contributed by atoms with Crippen molar-refractivity contribution < 1.29 is 0 Å². The number of thiophene rings is 1. The summed E-state index contributed by atoms with van der Waals surface area (Å²) in [6.07, 6.45) is 4.86. The summed E-state index contributed by atoms with van der Waals surface area (Å²) < 4.78 is 1.90. The van der Waals surface area contributed by atoms with Crippen molar-refractivity contribution >= 4 is 11.3 Å². The Labute approximate surface area is 118 Å². The van der Waals surface area contributed by atoms with Crippen LogP contribution in [0.1, 0.15) is 36.4 Å². The summed E-state index contributed by atoms with van der Waals surface area (Å²) in [5, 5.41) is 8.07. The predicted molar refractivity (Wildman–Crippen MR) is 80.4 cm³/mol. The second-order valence-electron chi connectivity index (χ2n) is 5.38. The van der Waals surface area contributed by atoms with Gasteiger partial charge in [-0.15, -0.1) is 11.3 Å². The number of hydrogen-bond acceptors (Lipinski definition) is 3. The number of nitrogens with zero attached hydrogens (tertiary/aromatic N) is 2. The number of nitrogens with one attached hydrogen (secondary N) is 1. The van der Waals surface area contributed by atoms with E-state index in [0.29, 0.717) is 6.04 Å². The van der Waals surface area contributed by atoms with Gasteiger partial charge in [-0.2, -0.15) is 5.10 Å². The van der Waals surface area contributed by atoms with Crippen LogP contribution in [0.2, 0.25) is 0 Å². The van der Waals surface area contributed by atoms with E-state index in [1.165, 1.54) is 28.2 Å². The summed E-state index contributed by atoms with van der Waals surface area (Å²) in [7, 11) is 1.98. The molecule has 1 atom stereocenters. The molecule has 0 saturated heterocycles. The van der Waals surface area contributed by atoms with Crippen molar-refractivity contribution in [3.8, 4) is 10.4 Å². The van der Waals surface area contributed by atoms with Gasteiger partial charge in [-0.25, -0.2) is 0 Å². The molecule has 1 aliphatic rings. The third kappa shape index (κ3) is 2.60. The first-order valence-electron chi connectivity index (χ1n) is 7.02. The van der Waals surface area contributed by atoms with Gasteiger partial charge in [0.25, 0.3) is 0 Å². The molecule has 4 heteroatoms. The van der Waals surface area contributed by atoms with Crippen LogP contribution in [0.15, 0.2) is 18.3 Å². The van der Waals surface area contributed by atoms with E-state index in [0.717, 1.165) is 18.2 Å². The number of hydrogen-bond donors (Lipinski definition) is 1. The zero-order chi connectivity index (χ0) is 13.4. The SMILES string of the molecule is CCNC(c1ccc(-c2cn(C)nc2C)s1)C1CC1. The lowest BCUT2D eigenvalue weighted by atomic mass is 10.1. The smallest absolute Gasteiger partial charge is 0.0680 e. The molecule has 1 saturated carbocycles. The molecule has 2 heterocycles. The highest BCUT2D eigenvalue weighted by molar-refractivity contribution is 7.15. The molecule has 3 rings (SSSR count). The molecule has 2 aromatic heterocycles. The minimum absolute atomic E-state index is 0.556. The quantitative estimate of drug-likeness (QED) is 0.905. The lowest BCUT2D eigenvalue weighted by Crippen LogP contribution is -2.21. The first kappa shape index (κ1) is 12.9. The maximum absolute atomic E-state index is 4.43. The second kappa shape index (κ2) is 5.10. The lowest BCUT2D eigenvalue weighted by molar-refractivity contribution is 0.504. The summed E-state index contributed by atoms with van der Waals surface area (Å²) in [5.41, 5.74) is 2.38. The average Bonchev–Trinajstić information content (AvgIpc) is 3.00. The topological polar surface area (TPSA) is 29.9 Å². The van der Waals surface area contributed by atoms with Crippen LogP contribution < -0.4 is 5.32 Å². The molecule has 1 fully saturated rings. The Kier molecular flexibility index (Phi) is 3.46. The zero-order valence-corrected chi connectivity index (χ0v) is 12.6. The van der Waals surface area contributed by atoms with Crippen LogP contribution in [0.3, 0.4) is 0 Å². The lowest BCUT2D eigenvalue weighted by Gasteiger charge is -2.15. The van der Waals surface area contributed by atoms with Gasteiger partial charge in [0.1, 0.15) is 0 Å². The van der Waals surface area contributed by atoms with Crippen LogP contribution in [-0.4, -0.2) is 16.3 Å². The molecule has 0 amide bonds. The third-order valence-corrected chi connectivity index (χ3v) is 4.93. The molecular formula is C15H21N3S. The Hall–Kier alpha value is -1.13. The Morgan fingerprint density at radius 3 is 2.84 bits per heavy atom. The molecular weight excluding hydrogens is 254 g/mol. The highest BCUT2D eigenvalue weighted by Crippen LogP contribution is 2.44. The molecule has 0 aromatic carbocycles. The van der Waals surface area contributed by atoms with Crippen molar-refractivity contribution in [2.24, 2.45) is 13.0 Å². The standard InChI is InChI=1S/C15H21N3S/c1-4-16-15(11-5-6-11)14-8-7-13(19-14)12-9-18(3)17-10(12)2/h7-9,11,15-16H,4-6H2,1-3H3. The molecule has 1 N–H and O–H groups in total. The first-order valence-corrected chi connectivity index (χ1v) is 7.84. The maximum Gasteiger partial charge on any atom is 0.0680 e. The van der Waals surface area contributed by atoms with Gasteiger partial charge >= 0.3 is 0 Å². The second-order valence-corrected chi connectivity index (χ2v) is 6.49. The van der Waals surface area contributed by atoms with Gasteiger partial charge in [-0.1, -0.05) is 6.92 Å². The van der Waals surface area contributed by atoms with Crippen molar-refractivity contribution in [1.82, 2.24) is 15.1 Å². The number of aromatic nitrogens is 2. The van der Waals surface area contributed by atoms with E-state index in [1.54, 1.807) is 0 Å². The molecule has 2 aromatic rings. The fourth-order valence-corrected chi connectivity index (χ4v) is 3.89. The van der Waals surface area contributed by atoms with E-state index in [-0.39, 0.29) is 0 Å². The van der Waals surface area contributed by atoms with Crippen LogP contribution >= 0.6 is 11.3 Å². The van der Waals surface area contributed by atoms with Crippen LogP contribution in [0.4, 0.5) is 0 Å². The highest BCUT2D eigenvalue weighted by Gasteiger charge is 2.32. The van der Waals surface area contributed by atoms with Gasteiger partial charge in [0, 0.05) is 34.6 Å². The molecule has 0 radical (unpaired) electrons. The van der Waals surface area contributed by atoms with Crippen LogP contribution in [-0.2, 0) is 7.05 Å². The van der Waals surface area contributed by atoms with Gasteiger partial charge < -0.3 is 5.32 Å². The summed E-state index contributed by atoms with van der Waals surface area (Å²) in [4.78, 5) is 2.81. The number of aryl methyl sites for hydroxylation is 2. The summed E-state index contributed by atoms with van der Waals surface area (Å²) >= 11 is 1.91. The van der Waals surface area contributed by atoms with Crippen LogP contribution in [0.25, 0.3) is 10.4 Å². The van der Waals surface area contributed by atoms with Gasteiger partial charge in [0.15, 0.2) is 0 Å². The molecule has 0 bridgehead atoms. The first-order chi connectivity index (χ1) is 9.19. The van der Waals surface area contributed by atoms with Gasteiger partial charge in [-0.05, 0) is 44.4 Å². The van der Waals surface area contributed by atoms with Gasteiger partial charge in [0.2, 0.25) is 0 Å². The molecule has 3 nitrogen and oxygen atoms in total. The van der Waals surface area contributed by atoms with E-state index in [9.17, 15) is 0 Å². The Balaban J connectivity index is 1.87. The Bertz CT molecular complexity index is 566. The van der Waals surface area contributed by atoms with Crippen molar-refractivity contribution in [3.63, 3.8) is 0 Å². The third-order valence-electron chi connectivity index (χ3n) is 3.73. The van der Waals surface area contributed by atoms with Crippen molar-refractivity contribution in [2.45, 2.75) is 32.7 Å². The van der Waals surface area contributed by atoms with Crippen molar-refractivity contribution in [2.75, 3.05) is 6.54 Å². The zero-order valence-electron chi connectivity index (χ0n) is 11.8. The van der Waals surface area contributed by atoms with Crippen molar-refractivity contribution in [3.05, 3.63) is 28.9 Å². The van der Waals surface area contributed by atoms with Gasteiger partial charge in [0.05, 0.1) is 5.69 Å². The van der Waals surface area contributed by atoms with E-state index >= 15 is 0 Å². The monoisotopic (exact) mass is 275 g/mol. The molecule has 102 valence electrons. The van der Waals surface area contributed by atoms with E-state index < -0.39 is 0 Å². The molecule has 0 aliphatic heterocycles. The molecule has 19 heavy (non-hydrogen) atoms. The Morgan fingerprint density at radius 1 is 1.47 bits per heavy atom. The molecule has 1 aliphatic carbocycles. The van der Waals surface area contributed by atoms with Crippen molar-refractivity contribution in [1.29, 1.82) is 0 Å². The largest absolute Gasteiger partial charge is 0.309 e. The van der Waals surface area contributed by atoms with Crippen LogP contribution in [0.5, 0.6) is 0 Å². The minimum Gasteiger partial charge on any atom is -0.309 e. The highest BCUT2D eigenvalue weighted by atomic mass is 32.1. The van der Waals surface area contributed by atoms with Gasteiger partial charge in [-0.3, -0.25) is 4.68 Å². The summed E-state index contributed by atoms with van der Waals surface area (Å²) in [6, 6.07) is 5.09. The average molecular weight is 275 g/mol. The molecule has 1 unspecified atom stereocenters. The normalized spacial score (nSPS) is 16.8. The van der Waals surface area contributed by atoms with E-state index in [1.807, 2.05) is 23.1 Å². The predicted octanol–water partition coefficient (Wildman–Crippen LogP) is 3.52. The molecule has 0 spiro atoms. The Morgan fingerprint density at radius 2 is 2.26 bits per heavy atom. The number of rotatable bonds is 5. The van der Waals surface area contributed by atoms with E-state index in [4.69, 9.17) is 0 Å². The summed E-state index contributed by atoms with van der Waals surface area (Å²) in [6.45, 7) is 5.31. The summed E-state index contributed by atoms with van der Waals surface area (Å²) in [5.74, 6) is 0.849.